The number of amides is 3. The number of likely N-dealkylation sites (tertiary alicyclic amines) is 1. The molecule has 7 nitrogen and oxygen atoms in total. The molecule has 0 aliphatic carbocycles. The quantitative estimate of drug-likeness (QED) is 0.550. The van der Waals surface area contributed by atoms with Crippen LogP contribution in [0.3, 0.4) is 0 Å². The average molecular weight is 497 g/mol. The molecular weight excluding hydrogens is 472 g/mol. The van der Waals surface area contributed by atoms with E-state index in [2.05, 4.69) is 22.9 Å². The first kappa shape index (κ1) is 22.7. The molecule has 0 atom stereocenters. The fraction of sp³-hybridized carbons (Fsp3) is 0.476. The van der Waals surface area contributed by atoms with Gasteiger partial charge in [0.1, 0.15) is 6.54 Å². The third kappa shape index (κ3) is 5.00. The van der Waals surface area contributed by atoms with Crippen LogP contribution in [-0.2, 0) is 9.59 Å². The highest BCUT2D eigenvalue weighted by atomic mass is 79.9. The Kier molecular flexibility index (Phi) is 7.46. The SMILES string of the molecule is CCOc1c(Br)cc(/C=C2/SC(=O)N(CC(=O)N3CCC(C)CC3)C2=O)cc1OC. The van der Waals surface area contributed by atoms with Crippen molar-refractivity contribution >= 4 is 50.8 Å². The van der Waals surface area contributed by atoms with Crippen LogP contribution < -0.4 is 9.47 Å². The van der Waals surface area contributed by atoms with Gasteiger partial charge >= 0.3 is 0 Å². The van der Waals surface area contributed by atoms with Crippen LogP contribution in [0.25, 0.3) is 6.08 Å². The van der Waals surface area contributed by atoms with E-state index in [9.17, 15) is 14.4 Å². The summed E-state index contributed by atoms with van der Waals surface area (Å²) in [5.41, 5.74) is 0.684. The Bertz CT molecular complexity index is 880. The number of ether oxygens (including phenoxy) is 2. The average Bonchev–Trinajstić information content (AvgIpc) is 2.97. The molecule has 0 saturated carbocycles. The smallest absolute Gasteiger partial charge is 0.294 e. The summed E-state index contributed by atoms with van der Waals surface area (Å²) in [6.45, 7) is 5.65. The molecule has 2 fully saturated rings. The first-order valence-electron chi connectivity index (χ1n) is 9.87. The van der Waals surface area contributed by atoms with Gasteiger partial charge in [-0.05, 0) is 77.1 Å². The molecule has 0 spiro atoms. The van der Waals surface area contributed by atoms with Gasteiger partial charge in [-0.3, -0.25) is 19.3 Å². The molecule has 162 valence electrons. The van der Waals surface area contributed by atoms with Crippen molar-refractivity contribution in [3.8, 4) is 11.5 Å². The molecule has 0 bridgehead atoms. The number of piperidine rings is 1. The predicted octanol–water partition coefficient (Wildman–Crippen LogP) is 4.15. The fourth-order valence-electron chi connectivity index (χ4n) is 3.39. The lowest BCUT2D eigenvalue weighted by atomic mass is 9.99. The van der Waals surface area contributed by atoms with Crippen molar-refractivity contribution in [2.75, 3.05) is 33.4 Å². The van der Waals surface area contributed by atoms with E-state index < -0.39 is 11.1 Å². The lowest BCUT2D eigenvalue weighted by Gasteiger charge is -2.31. The number of halogens is 1. The number of imide groups is 1. The summed E-state index contributed by atoms with van der Waals surface area (Å²) >= 11 is 4.30. The molecule has 3 amide bonds. The van der Waals surface area contributed by atoms with Crippen LogP contribution in [0.2, 0.25) is 0 Å². The Hall–Kier alpha value is -2.00. The lowest BCUT2D eigenvalue weighted by Crippen LogP contribution is -2.45. The second-order valence-electron chi connectivity index (χ2n) is 7.30. The monoisotopic (exact) mass is 496 g/mol. The summed E-state index contributed by atoms with van der Waals surface area (Å²) in [6.07, 6.45) is 3.52. The number of carbonyl (C=O) groups excluding carboxylic acids is 3. The summed E-state index contributed by atoms with van der Waals surface area (Å²) in [4.78, 5) is 40.8. The summed E-state index contributed by atoms with van der Waals surface area (Å²) in [6, 6.07) is 3.53. The van der Waals surface area contributed by atoms with Gasteiger partial charge in [-0.2, -0.15) is 0 Å². The van der Waals surface area contributed by atoms with Crippen LogP contribution in [0.5, 0.6) is 11.5 Å². The molecule has 1 aromatic rings. The highest BCUT2D eigenvalue weighted by Gasteiger charge is 2.37. The van der Waals surface area contributed by atoms with E-state index >= 15 is 0 Å². The Morgan fingerprint density at radius 2 is 2.00 bits per heavy atom. The first-order valence-corrected chi connectivity index (χ1v) is 11.5. The van der Waals surface area contributed by atoms with Gasteiger partial charge in [-0.1, -0.05) is 6.92 Å². The van der Waals surface area contributed by atoms with E-state index in [-0.39, 0.29) is 17.4 Å². The van der Waals surface area contributed by atoms with Crippen LogP contribution in [0.4, 0.5) is 4.79 Å². The van der Waals surface area contributed by atoms with Crippen molar-refractivity contribution in [3.63, 3.8) is 0 Å². The van der Waals surface area contributed by atoms with Crippen molar-refractivity contribution < 1.29 is 23.9 Å². The molecule has 1 aromatic carbocycles. The minimum absolute atomic E-state index is 0.184. The lowest BCUT2D eigenvalue weighted by molar-refractivity contribution is -0.136. The van der Waals surface area contributed by atoms with E-state index in [0.29, 0.717) is 47.1 Å². The second kappa shape index (κ2) is 9.87. The van der Waals surface area contributed by atoms with E-state index in [1.54, 1.807) is 23.1 Å². The van der Waals surface area contributed by atoms with Crippen molar-refractivity contribution in [1.82, 2.24) is 9.80 Å². The predicted molar refractivity (Wildman–Crippen MR) is 120 cm³/mol. The summed E-state index contributed by atoms with van der Waals surface area (Å²) in [5, 5.41) is -0.429. The van der Waals surface area contributed by atoms with Crippen LogP contribution in [0.1, 0.15) is 32.3 Å². The van der Waals surface area contributed by atoms with Crippen LogP contribution in [0.15, 0.2) is 21.5 Å². The number of rotatable bonds is 6. The molecule has 3 rings (SSSR count). The van der Waals surface area contributed by atoms with Gasteiger partial charge in [0.25, 0.3) is 11.1 Å². The van der Waals surface area contributed by atoms with E-state index in [1.165, 1.54) is 7.11 Å². The van der Waals surface area contributed by atoms with E-state index in [1.807, 2.05) is 6.92 Å². The minimum atomic E-state index is -0.451. The van der Waals surface area contributed by atoms with Crippen LogP contribution in [-0.4, -0.2) is 60.2 Å². The normalized spacial score (nSPS) is 19.0. The number of thioether (sulfide) groups is 1. The molecule has 2 aliphatic rings. The molecule has 0 N–H and O–H groups in total. The Morgan fingerprint density at radius 1 is 1.30 bits per heavy atom. The highest BCUT2D eigenvalue weighted by Crippen LogP contribution is 2.39. The molecular formula is C21H25BrN2O5S. The van der Waals surface area contributed by atoms with Gasteiger partial charge in [0, 0.05) is 13.1 Å². The zero-order valence-corrected chi connectivity index (χ0v) is 19.7. The number of methoxy groups -OCH3 is 1. The highest BCUT2D eigenvalue weighted by molar-refractivity contribution is 9.10. The zero-order chi connectivity index (χ0) is 21.8. The van der Waals surface area contributed by atoms with Crippen molar-refractivity contribution in [1.29, 1.82) is 0 Å². The number of nitrogens with zero attached hydrogens (tertiary/aromatic N) is 2. The molecule has 9 heteroatoms. The third-order valence-electron chi connectivity index (χ3n) is 5.14. The molecule has 0 aromatic heterocycles. The molecule has 2 saturated heterocycles. The molecule has 0 radical (unpaired) electrons. The number of hydrogen-bond acceptors (Lipinski definition) is 6. The molecule has 30 heavy (non-hydrogen) atoms. The van der Waals surface area contributed by atoms with Crippen molar-refractivity contribution in [3.05, 3.63) is 27.1 Å². The Labute approximate surface area is 188 Å². The Balaban J connectivity index is 1.75. The molecule has 2 aliphatic heterocycles. The molecule has 2 heterocycles. The van der Waals surface area contributed by atoms with Crippen molar-refractivity contribution in [2.45, 2.75) is 26.7 Å². The standard InChI is InChI=1S/C21H25BrN2O5S/c1-4-29-19-15(22)9-14(10-16(19)28-3)11-17-20(26)24(21(27)30-17)12-18(25)23-7-5-13(2)6-8-23/h9-11,13H,4-8,12H2,1-3H3/b17-11+. The molecule has 0 unspecified atom stereocenters. The maximum Gasteiger partial charge on any atom is 0.294 e. The zero-order valence-electron chi connectivity index (χ0n) is 17.3. The third-order valence-corrected chi connectivity index (χ3v) is 6.64. The van der Waals surface area contributed by atoms with E-state index in [4.69, 9.17) is 9.47 Å². The maximum absolute atomic E-state index is 12.8. The number of carbonyl (C=O) groups is 3. The number of hydrogen-bond donors (Lipinski definition) is 0. The fourth-order valence-corrected chi connectivity index (χ4v) is 4.80. The summed E-state index contributed by atoms with van der Waals surface area (Å²) in [5.74, 6) is 1.06. The van der Waals surface area contributed by atoms with Gasteiger partial charge in [-0.15, -0.1) is 0 Å². The van der Waals surface area contributed by atoms with Crippen LogP contribution in [0, 0.1) is 5.92 Å². The largest absolute Gasteiger partial charge is 0.493 e. The topological polar surface area (TPSA) is 76.2 Å². The van der Waals surface area contributed by atoms with Gasteiger partial charge in [0.05, 0.1) is 23.1 Å². The van der Waals surface area contributed by atoms with Gasteiger partial charge in [0.15, 0.2) is 11.5 Å². The summed E-state index contributed by atoms with van der Waals surface area (Å²) in [7, 11) is 1.54. The summed E-state index contributed by atoms with van der Waals surface area (Å²) < 4.78 is 11.6. The minimum Gasteiger partial charge on any atom is -0.493 e. The van der Waals surface area contributed by atoms with E-state index in [0.717, 1.165) is 29.5 Å². The van der Waals surface area contributed by atoms with Crippen molar-refractivity contribution in [2.24, 2.45) is 5.92 Å². The van der Waals surface area contributed by atoms with Gasteiger partial charge in [0.2, 0.25) is 5.91 Å². The van der Waals surface area contributed by atoms with Gasteiger partial charge < -0.3 is 14.4 Å². The maximum atomic E-state index is 12.8. The van der Waals surface area contributed by atoms with Crippen LogP contribution >= 0.6 is 27.7 Å². The second-order valence-corrected chi connectivity index (χ2v) is 9.15. The Morgan fingerprint density at radius 3 is 2.63 bits per heavy atom. The number of benzene rings is 1. The van der Waals surface area contributed by atoms with Gasteiger partial charge in [-0.25, -0.2) is 0 Å². The first-order chi connectivity index (χ1) is 14.3.